The van der Waals surface area contributed by atoms with Gasteiger partial charge in [0.05, 0.1) is 11.9 Å². The van der Waals surface area contributed by atoms with Crippen molar-refractivity contribution in [3.8, 4) is 0 Å². The number of carbonyl (C=O) groups is 2. The van der Waals surface area contributed by atoms with Crippen LogP contribution in [0, 0.1) is 5.92 Å². The number of halogens is 6. The summed E-state index contributed by atoms with van der Waals surface area (Å²) in [6.45, 7) is 3.29. The number of piperidine rings is 1. The van der Waals surface area contributed by atoms with Crippen molar-refractivity contribution in [2.45, 2.75) is 44.6 Å². The number of anilines is 1. The van der Waals surface area contributed by atoms with Crippen LogP contribution in [0.3, 0.4) is 0 Å². The third-order valence-electron chi connectivity index (χ3n) is 5.21. The first-order valence-electron chi connectivity index (χ1n) is 11.2. The number of aryl methyl sites for hydroxylation is 2. The molecule has 0 unspecified atom stereocenters. The fraction of sp³-hybridized carbons (Fsp3) is 0.500. The minimum absolute atomic E-state index is 0.0281. The van der Waals surface area contributed by atoms with Crippen LogP contribution in [-0.4, -0.2) is 68.9 Å². The molecule has 1 aliphatic rings. The summed E-state index contributed by atoms with van der Waals surface area (Å²) in [5.41, 5.74) is 7.82. The van der Waals surface area contributed by atoms with Gasteiger partial charge in [-0.25, -0.2) is 14.3 Å². The zero-order valence-corrected chi connectivity index (χ0v) is 20.0. The van der Waals surface area contributed by atoms with Crippen LogP contribution < -0.4 is 16.2 Å². The number of rotatable bonds is 6. The molecule has 38 heavy (non-hydrogen) atoms. The highest BCUT2D eigenvalue weighted by atomic mass is 19.4. The molecule has 0 spiro atoms. The van der Waals surface area contributed by atoms with Gasteiger partial charge in [0.1, 0.15) is 0 Å². The van der Waals surface area contributed by atoms with Crippen molar-refractivity contribution in [3.63, 3.8) is 0 Å². The number of alkyl halides is 6. The molecule has 0 atom stereocenters. The topological polar surface area (TPSA) is 152 Å². The molecule has 16 heteroatoms. The summed E-state index contributed by atoms with van der Waals surface area (Å²) in [6, 6.07) is 5.69. The van der Waals surface area contributed by atoms with Gasteiger partial charge in [-0.3, -0.25) is 9.78 Å². The summed E-state index contributed by atoms with van der Waals surface area (Å²) in [7, 11) is 0. The number of pyridine rings is 1. The third kappa shape index (κ3) is 12.0. The molecule has 2 aromatic heterocycles. The minimum atomic E-state index is -5.08. The van der Waals surface area contributed by atoms with E-state index in [0.29, 0.717) is 12.5 Å². The van der Waals surface area contributed by atoms with Crippen molar-refractivity contribution in [1.82, 2.24) is 14.8 Å². The predicted molar refractivity (Wildman–Crippen MR) is 122 cm³/mol. The fourth-order valence-corrected chi connectivity index (χ4v) is 3.17. The van der Waals surface area contributed by atoms with Crippen LogP contribution in [0.2, 0.25) is 0 Å². The maximum absolute atomic E-state index is 12.3. The van der Waals surface area contributed by atoms with Gasteiger partial charge in [-0.2, -0.15) is 31.4 Å². The van der Waals surface area contributed by atoms with E-state index in [9.17, 15) is 31.1 Å². The maximum Gasteiger partial charge on any atom is 0.490 e. The Morgan fingerprint density at radius 3 is 2.00 bits per heavy atom. The number of aliphatic carboxylic acids is 2. The Kier molecular flexibility index (Phi) is 12.7. The molecule has 212 valence electrons. The molecule has 0 radical (unpaired) electrons. The number of nitrogens with zero attached hydrogens (tertiary/aromatic N) is 4. The van der Waals surface area contributed by atoms with Crippen LogP contribution in [0.4, 0.5) is 32.0 Å². The molecule has 1 aliphatic heterocycles. The van der Waals surface area contributed by atoms with Gasteiger partial charge in [0.2, 0.25) is 0 Å². The highest BCUT2D eigenvalue weighted by molar-refractivity contribution is 5.73. The third-order valence-corrected chi connectivity index (χ3v) is 5.21. The van der Waals surface area contributed by atoms with Gasteiger partial charge < -0.3 is 20.8 Å². The Balaban J connectivity index is 0.000000426. The standard InChI is InChI=1S/C18H25N5O.2C2HF3O2/c19-12-15-5-9-22(10-6-15)17-11-18(24)23(21-14-17)8-2-4-16-3-1-7-20-13-16;2*3-2(4,5)1(6)7/h1,3,7,11,13-15H,2,4-6,8-10,12,19H2;2*(H,6,7). The highest BCUT2D eigenvalue weighted by Crippen LogP contribution is 2.21. The normalized spacial score (nSPS) is 14.0. The second-order valence-electron chi connectivity index (χ2n) is 8.01. The Bertz CT molecular complexity index is 1050. The van der Waals surface area contributed by atoms with E-state index in [2.05, 4.69) is 21.0 Å². The van der Waals surface area contributed by atoms with Gasteiger partial charge in [-0.15, -0.1) is 0 Å². The summed E-state index contributed by atoms with van der Waals surface area (Å²) in [6.07, 6.45) is -0.769. The van der Waals surface area contributed by atoms with Crippen LogP contribution in [0.5, 0.6) is 0 Å². The van der Waals surface area contributed by atoms with Crippen LogP contribution in [0.25, 0.3) is 0 Å². The highest BCUT2D eigenvalue weighted by Gasteiger charge is 2.38. The molecule has 0 amide bonds. The van der Waals surface area contributed by atoms with Crippen molar-refractivity contribution in [3.05, 3.63) is 52.7 Å². The molecule has 3 rings (SSSR count). The van der Waals surface area contributed by atoms with Crippen molar-refractivity contribution < 1.29 is 46.1 Å². The Hall–Kier alpha value is -3.69. The number of hydrogen-bond acceptors (Lipinski definition) is 7. The molecule has 4 N–H and O–H groups in total. The molecular formula is C22H27F6N5O5. The van der Waals surface area contributed by atoms with Crippen LogP contribution >= 0.6 is 0 Å². The maximum atomic E-state index is 12.3. The Morgan fingerprint density at radius 2 is 1.58 bits per heavy atom. The molecule has 3 heterocycles. The van der Waals surface area contributed by atoms with E-state index in [1.165, 1.54) is 5.56 Å². The average molecular weight is 555 g/mol. The van der Waals surface area contributed by atoms with E-state index in [-0.39, 0.29) is 5.56 Å². The summed E-state index contributed by atoms with van der Waals surface area (Å²) in [5.74, 6) is -4.90. The van der Waals surface area contributed by atoms with Gasteiger partial charge >= 0.3 is 24.3 Å². The monoisotopic (exact) mass is 555 g/mol. The second-order valence-corrected chi connectivity index (χ2v) is 8.01. The summed E-state index contributed by atoms with van der Waals surface area (Å²) in [4.78, 5) is 36.4. The first kappa shape index (κ1) is 32.3. The van der Waals surface area contributed by atoms with E-state index in [0.717, 1.165) is 51.0 Å². The first-order valence-corrected chi connectivity index (χ1v) is 11.2. The Labute approximate surface area is 212 Å². The number of carboxylic acid groups (broad SMARTS) is 2. The van der Waals surface area contributed by atoms with Crippen molar-refractivity contribution in [2.75, 3.05) is 24.5 Å². The lowest BCUT2D eigenvalue weighted by atomic mass is 9.97. The fourth-order valence-electron chi connectivity index (χ4n) is 3.17. The van der Waals surface area contributed by atoms with Crippen LogP contribution in [0.15, 0.2) is 41.6 Å². The van der Waals surface area contributed by atoms with E-state index in [1.54, 1.807) is 16.9 Å². The lowest BCUT2D eigenvalue weighted by Gasteiger charge is -2.32. The van der Waals surface area contributed by atoms with Gasteiger partial charge in [0, 0.05) is 38.1 Å². The molecular weight excluding hydrogens is 528 g/mol. The van der Waals surface area contributed by atoms with E-state index in [4.69, 9.17) is 25.5 Å². The summed E-state index contributed by atoms with van der Waals surface area (Å²) < 4.78 is 65.0. The smallest absolute Gasteiger partial charge is 0.475 e. The quantitative estimate of drug-likeness (QED) is 0.457. The number of nitrogens with two attached hydrogens (primary N) is 1. The largest absolute Gasteiger partial charge is 0.490 e. The van der Waals surface area contributed by atoms with Gasteiger partial charge in [0.25, 0.3) is 5.56 Å². The number of hydrogen-bond donors (Lipinski definition) is 3. The van der Waals surface area contributed by atoms with Crippen LogP contribution in [-0.2, 0) is 22.6 Å². The molecule has 1 saturated heterocycles. The first-order chi connectivity index (χ1) is 17.6. The van der Waals surface area contributed by atoms with E-state index < -0.39 is 24.3 Å². The molecule has 0 aliphatic carbocycles. The molecule has 0 bridgehead atoms. The summed E-state index contributed by atoms with van der Waals surface area (Å²) in [5, 5.41) is 18.6. The van der Waals surface area contributed by atoms with Crippen LogP contribution in [0.1, 0.15) is 24.8 Å². The van der Waals surface area contributed by atoms with E-state index in [1.807, 2.05) is 18.5 Å². The van der Waals surface area contributed by atoms with Crippen molar-refractivity contribution in [2.24, 2.45) is 11.7 Å². The average Bonchev–Trinajstić information content (AvgIpc) is 2.85. The lowest BCUT2D eigenvalue weighted by Crippen LogP contribution is -2.37. The molecule has 1 fully saturated rings. The molecule has 0 aromatic carbocycles. The van der Waals surface area contributed by atoms with Gasteiger partial charge in [-0.05, 0) is 49.8 Å². The molecule has 2 aromatic rings. The molecule has 0 saturated carbocycles. The zero-order chi connectivity index (χ0) is 28.9. The summed E-state index contributed by atoms with van der Waals surface area (Å²) >= 11 is 0. The van der Waals surface area contributed by atoms with Crippen molar-refractivity contribution in [1.29, 1.82) is 0 Å². The zero-order valence-electron chi connectivity index (χ0n) is 20.0. The number of aromatic nitrogens is 3. The van der Waals surface area contributed by atoms with Crippen molar-refractivity contribution >= 4 is 17.6 Å². The minimum Gasteiger partial charge on any atom is -0.475 e. The second kappa shape index (κ2) is 14.9. The Morgan fingerprint density at radius 1 is 1.03 bits per heavy atom. The lowest BCUT2D eigenvalue weighted by molar-refractivity contribution is -0.193. The SMILES string of the molecule is NCC1CCN(c2cnn(CCCc3cccnc3)c(=O)c2)CC1.O=C(O)C(F)(F)F.O=C(O)C(F)(F)F. The van der Waals surface area contributed by atoms with Gasteiger partial charge in [0.15, 0.2) is 0 Å². The predicted octanol–water partition coefficient (Wildman–Crippen LogP) is 2.71. The van der Waals surface area contributed by atoms with E-state index >= 15 is 0 Å². The van der Waals surface area contributed by atoms with Gasteiger partial charge in [-0.1, -0.05) is 6.07 Å². The molecule has 10 nitrogen and oxygen atoms in total. The number of carboxylic acids is 2.